The maximum Gasteiger partial charge on any atom is 0.340 e. The lowest BCUT2D eigenvalue weighted by molar-refractivity contribution is -0.171. The SMILES string of the molecule is Cc1nc(C)c([C@H](OC(C)(C)C)C(=O)OC(C)C)c(N2CCC(S(C)(=O)=O)(S(C)(=O)=O)CC2)c1-c1ccc2c(c1)CN(Cc1ccc(F)cc1)C2. The van der Waals surface area contributed by atoms with Crippen molar-refractivity contribution in [1.82, 2.24) is 9.88 Å². The Bertz CT molecular complexity index is 1980. The van der Waals surface area contributed by atoms with Gasteiger partial charge < -0.3 is 14.4 Å². The number of carbonyl (C=O) groups is 1. The largest absolute Gasteiger partial charge is 0.461 e. The Kier molecular flexibility index (Phi) is 10.8. The van der Waals surface area contributed by atoms with Crippen LogP contribution in [0.5, 0.6) is 0 Å². The summed E-state index contributed by atoms with van der Waals surface area (Å²) in [4.78, 5) is 23.1. The van der Waals surface area contributed by atoms with Crippen LogP contribution in [0.25, 0.3) is 11.1 Å². The first-order valence-corrected chi connectivity index (χ1v) is 21.0. The van der Waals surface area contributed by atoms with Crippen molar-refractivity contribution in [3.8, 4) is 11.1 Å². The molecule has 0 aliphatic carbocycles. The van der Waals surface area contributed by atoms with E-state index < -0.39 is 47.5 Å². The van der Waals surface area contributed by atoms with Crippen LogP contribution < -0.4 is 4.90 Å². The third-order valence-electron chi connectivity index (χ3n) is 9.67. The summed E-state index contributed by atoms with van der Waals surface area (Å²) in [5.41, 5.74) is 6.54. The van der Waals surface area contributed by atoms with Crippen molar-refractivity contribution in [2.45, 2.75) is 103 Å². The Morgan fingerprint density at radius 2 is 1.51 bits per heavy atom. The van der Waals surface area contributed by atoms with Gasteiger partial charge in [-0.15, -0.1) is 0 Å². The summed E-state index contributed by atoms with van der Waals surface area (Å²) in [5.74, 6) is -0.852. The number of ether oxygens (including phenoxy) is 2. The summed E-state index contributed by atoms with van der Waals surface area (Å²) in [6, 6.07) is 12.8. The molecule has 2 aliphatic rings. The number of benzene rings is 2. The molecular formula is C38H50FN3O7S2. The van der Waals surface area contributed by atoms with Crippen LogP contribution in [0.4, 0.5) is 10.1 Å². The fraction of sp³-hybridized carbons (Fsp3) is 0.526. The molecule has 10 nitrogen and oxygen atoms in total. The van der Waals surface area contributed by atoms with Gasteiger partial charge in [-0.3, -0.25) is 9.88 Å². The van der Waals surface area contributed by atoms with Crippen molar-refractivity contribution in [2.75, 3.05) is 30.5 Å². The lowest BCUT2D eigenvalue weighted by Crippen LogP contribution is -2.54. The van der Waals surface area contributed by atoms with Gasteiger partial charge in [0.05, 0.1) is 17.4 Å². The van der Waals surface area contributed by atoms with E-state index in [2.05, 4.69) is 17.0 Å². The molecule has 13 heteroatoms. The maximum atomic E-state index is 13.9. The number of aromatic nitrogens is 1. The number of carbonyl (C=O) groups excluding carboxylic acids is 1. The molecular weight excluding hydrogens is 694 g/mol. The fourth-order valence-corrected chi connectivity index (χ4v) is 11.4. The standard InChI is InChI=1S/C38H50FN3O7S2/c1-24(2)48-36(43)35(49-37(5,6)7)33-26(4)40-25(3)32(34(33)42-18-16-38(17-19-42,50(8,44)45)51(9,46)47)28-12-13-29-22-41(23-30(29)20-28)21-27-10-14-31(39)15-11-27/h10-15,20,24,35H,16-19,21-23H2,1-9H3/t35-/m0/s1. The second kappa shape index (κ2) is 14.2. The van der Waals surface area contributed by atoms with E-state index in [0.29, 0.717) is 35.7 Å². The molecule has 1 fully saturated rings. The van der Waals surface area contributed by atoms with Crippen LogP contribution in [0.3, 0.4) is 0 Å². The van der Waals surface area contributed by atoms with E-state index >= 15 is 0 Å². The van der Waals surface area contributed by atoms with Gasteiger partial charge in [-0.2, -0.15) is 0 Å². The first-order chi connectivity index (χ1) is 23.6. The van der Waals surface area contributed by atoms with E-state index in [9.17, 15) is 26.0 Å². The molecule has 51 heavy (non-hydrogen) atoms. The average molecular weight is 744 g/mol. The third-order valence-corrected chi connectivity index (χ3v) is 15.0. The number of sulfone groups is 2. The van der Waals surface area contributed by atoms with Crippen LogP contribution in [0, 0.1) is 19.7 Å². The molecule has 0 N–H and O–H groups in total. The highest BCUT2D eigenvalue weighted by atomic mass is 32.3. The molecule has 0 radical (unpaired) electrons. The summed E-state index contributed by atoms with van der Waals surface area (Å²) in [5, 5.41) is 0. The van der Waals surface area contributed by atoms with E-state index in [-0.39, 0.29) is 31.7 Å². The molecule has 278 valence electrons. The van der Waals surface area contributed by atoms with Crippen LogP contribution in [-0.4, -0.2) is 74.1 Å². The molecule has 0 unspecified atom stereocenters. The second-order valence-corrected chi connectivity index (χ2v) is 20.1. The highest BCUT2D eigenvalue weighted by Crippen LogP contribution is 2.46. The Morgan fingerprint density at radius 1 is 0.922 bits per heavy atom. The van der Waals surface area contributed by atoms with E-state index in [1.54, 1.807) is 26.0 Å². The molecule has 0 saturated carbocycles. The van der Waals surface area contributed by atoms with Gasteiger partial charge in [0.1, 0.15) is 5.82 Å². The molecule has 2 aliphatic heterocycles. The van der Waals surface area contributed by atoms with Gasteiger partial charge in [-0.25, -0.2) is 26.0 Å². The quantitative estimate of drug-likeness (QED) is 0.222. The van der Waals surface area contributed by atoms with Gasteiger partial charge in [0.2, 0.25) is 0 Å². The number of hydrogen-bond donors (Lipinski definition) is 0. The van der Waals surface area contributed by atoms with Gasteiger partial charge in [0.15, 0.2) is 29.9 Å². The third kappa shape index (κ3) is 8.16. The normalized spacial score (nSPS) is 17.4. The molecule has 0 amide bonds. The number of pyridine rings is 1. The number of piperidine rings is 1. The van der Waals surface area contributed by atoms with Gasteiger partial charge >= 0.3 is 5.97 Å². The molecule has 0 bridgehead atoms. The van der Waals surface area contributed by atoms with Gasteiger partial charge in [0.25, 0.3) is 0 Å². The van der Waals surface area contributed by atoms with Crippen LogP contribution in [0.15, 0.2) is 42.5 Å². The second-order valence-electron chi connectivity index (χ2n) is 15.2. The number of anilines is 1. The lowest BCUT2D eigenvalue weighted by atomic mass is 9.91. The Labute approximate surface area is 302 Å². The monoisotopic (exact) mass is 743 g/mol. The Balaban J connectivity index is 1.66. The highest BCUT2D eigenvalue weighted by Gasteiger charge is 2.52. The number of nitrogens with zero attached hydrogens (tertiary/aromatic N) is 3. The number of esters is 1. The van der Waals surface area contributed by atoms with Crippen LogP contribution in [-0.2, 0) is 53.6 Å². The van der Waals surface area contributed by atoms with E-state index in [1.165, 1.54) is 17.7 Å². The van der Waals surface area contributed by atoms with E-state index in [4.69, 9.17) is 14.5 Å². The van der Waals surface area contributed by atoms with Gasteiger partial charge in [0, 0.05) is 67.8 Å². The van der Waals surface area contributed by atoms with Gasteiger partial charge in [-0.05, 0) is 102 Å². The van der Waals surface area contributed by atoms with Crippen molar-refractivity contribution in [2.24, 2.45) is 0 Å². The number of halogens is 1. The van der Waals surface area contributed by atoms with Crippen molar-refractivity contribution in [3.05, 3.63) is 81.9 Å². The van der Waals surface area contributed by atoms with E-state index in [0.717, 1.165) is 41.3 Å². The van der Waals surface area contributed by atoms with Crippen molar-refractivity contribution in [1.29, 1.82) is 0 Å². The van der Waals surface area contributed by atoms with Crippen LogP contribution >= 0.6 is 0 Å². The highest BCUT2D eigenvalue weighted by molar-refractivity contribution is 8.09. The molecule has 1 saturated heterocycles. The summed E-state index contributed by atoms with van der Waals surface area (Å²) < 4.78 is 76.1. The molecule has 1 aromatic heterocycles. The molecule has 3 heterocycles. The minimum atomic E-state index is -3.99. The first-order valence-electron chi connectivity index (χ1n) is 17.2. The summed E-state index contributed by atoms with van der Waals surface area (Å²) in [6.07, 6.45) is 0.0913. The molecule has 5 rings (SSSR count). The lowest BCUT2D eigenvalue weighted by Gasteiger charge is -2.42. The Hall–Kier alpha value is -3.39. The Morgan fingerprint density at radius 3 is 2.06 bits per heavy atom. The average Bonchev–Trinajstić information content (AvgIpc) is 3.40. The minimum absolute atomic E-state index is 0.0981. The molecule has 1 atom stereocenters. The smallest absolute Gasteiger partial charge is 0.340 e. The fourth-order valence-electron chi connectivity index (χ4n) is 7.37. The molecule has 0 spiro atoms. The number of fused-ring (bicyclic) bond motifs is 1. The van der Waals surface area contributed by atoms with Gasteiger partial charge in [-0.1, -0.05) is 24.3 Å². The summed E-state index contributed by atoms with van der Waals surface area (Å²) >= 11 is 0. The van der Waals surface area contributed by atoms with Crippen molar-refractivity contribution < 1.29 is 35.5 Å². The van der Waals surface area contributed by atoms with E-state index in [1.807, 2.05) is 45.6 Å². The van der Waals surface area contributed by atoms with Crippen LogP contribution in [0.2, 0.25) is 0 Å². The van der Waals surface area contributed by atoms with Crippen LogP contribution in [0.1, 0.15) is 87.2 Å². The molecule has 2 aromatic carbocycles. The number of hydrogen-bond acceptors (Lipinski definition) is 10. The van der Waals surface area contributed by atoms with Crippen molar-refractivity contribution >= 4 is 31.3 Å². The zero-order chi connectivity index (χ0) is 37.7. The number of aryl methyl sites for hydroxylation is 2. The van der Waals surface area contributed by atoms with Crippen molar-refractivity contribution in [3.63, 3.8) is 0 Å². The number of rotatable bonds is 10. The predicted molar refractivity (Wildman–Crippen MR) is 197 cm³/mol. The zero-order valence-electron chi connectivity index (χ0n) is 31.0. The summed E-state index contributed by atoms with van der Waals surface area (Å²) in [7, 11) is -7.99. The minimum Gasteiger partial charge on any atom is -0.461 e. The topological polar surface area (TPSA) is 123 Å². The summed E-state index contributed by atoms with van der Waals surface area (Å²) in [6.45, 7) is 15.1. The first kappa shape index (κ1) is 38.8. The predicted octanol–water partition coefficient (Wildman–Crippen LogP) is 6.21. The maximum absolute atomic E-state index is 13.9. The zero-order valence-corrected chi connectivity index (χ0v) is 32.7. The molecule has 3 aromatic rings.